The summed E-state index contributed by atoms with van der Waals surface area (Å²) < 4.78 is 0.144. The summed E-state index contributed by atoms with van der Waals surface area (Å²) in [4.78, 5) is 2.51. The van der Waals surface area contributed by atoms with Crippen molar-refractivity contribution in [1.29, 1.82) is 0 Å². The highest BCUT2D eigenvalue weighted by Crippen LogP contribution is 2.47. The highest BCUT2D eigenvalue weighted by Gasteiger charge is 2.44. The minimum atomic E-state index is 0.144. The molecular weight excluding hydrogens is 226 g/mol. The molecule has 0 bridgehead atoms. The fraction of sp³-hybridized carbons (Fsp3) is 1.00. The largest absolute Gasteiger partial charge is 0.306 e. The van der Waals surface area contributed by atoms with E-state index in [9.17, 15) is 0 Å². The molecular formula is C15H31NS. The van der Waals surface area contributed by atoms with Crippen LogP contribution in [0, 0.1) is 17.3 Å². The first kappa shape index (κ1) is 15.4. The fourth-order valence-corrected chi connectivity index (χ4v) is 3.97. The average molecular weight is 257 g/mol. The summed E-state index contributed by atoms with van der Waals surface area (Å²) in [5, 5.41) is 0. The number of likely N-dealkylation sites (tertiary alicyclic amines) is 1. The summed E-state index contributed by atoms with van der Waals surface area (Å²) in [5.41, 5.74) is 0.313. The Morgan fingerprint density at radius 1 is 1.35 bits per heavy atom. The molecule has 3 atom stereocenters. The van der Waals surface area contributed by atoms with E-state index in [4.69, 9.17) is 12.6 Å². The van der Waals surface area contributed by atoms with Crippen LogP contribution in [0.25, 0.3) is 0 Å². The summed E-state index contributed by atoms with van der Waals surface area (Å²) in [6.45, 7) is 14.2. The molecule has 1 rings (SSSR count). The monoisotopic (exact) mass is 257 g/mol. The van der Waals surface area contributed by atoms with Gasteiger partial charge in [0.1, 0.15) is 0 Å². The summed E-state index contributed by atoms with van der Waals surface area (Å²) in [6.07, 6.45) is 3.82. The van der Waals surface area contributed by atoms with Gasteiger partial charge in [0.05, 0.1) is 0 Å². The molecule has 0 aromatic carbocycles. The first-order valence-corrected chi connectivity index (χ1v) is 7.52. The van der Waals surface area contributed by atoms with Gasteiger partial charge in [-0.25, -0.2) is 0 Å². The Balaban J connectivity index is 2.94. The molecule has 1 fully saturated rings. The molecule has 0 spiro atoms. The van der Waals surface area contributed by atoms with Crippen molar-refractivity contribution in [2.24, 2.45) is 17.3 Å². The van der Waals surface area contributed by atoms with Crippen LogP contribution in [-0.2, 0) is 0 Å². The lowest BCUT2D eigenvalue weighted by atomic mass is 9.67. The Bertz CT molecular complexity index is 249. The summed E-state index contributed by atoms with van der Waals surface area (Å²) in [7, 11) is 2.26. The van der Waals surface area contributed by atoms with E-state index < -0.39 is 0 Å². The summed E-state index contributed by atoms with van der Waals surface area (Å²) >= 11 is 5.06. The Kier molecular flexibility index (Phi) is 4.99. The molecule has 1 saturated heterocycles. The SMILES string of the molecule is CC(C)CC1(C)CN(C)CCC(C)CC1(C)S. The topological polar surface area (TPSA) is 3.24 Å². The molecule has 1 aliphatic rings. The molecule has 0 aromatic rings. The molecule has 102 valence electrons. The van der Waals surface area contributed by atoms with E-state index in [1.165, 1.54) is 32.4 Å². The second kappa shape index (κ2) is 5.52. The van der Waals surface area contributed by atoms with Gasteiger partial charge in [0.25, 0.3) is 0 Å². The third-order valence-electron chi connectivity index (χ3n) is 4.53. The standard InChI is InChI=1S/C15H31NS/c1-12(2)9-14(4)11-16(6)8-7-13(3)10-15(14,5)17/h12-13,17H,7-11H2,1-6H3. The first-order valence-electron chi connectivity index (χ1n) is 7.07. The van der Waals surface area contributed by atoms with Gasteiger partial charge >= 0.3 is 0 Å². The summed E-state index contributed by atoms with van der Waals surface area (Å²) in [5.74, 6) is 1.53. The third-order valence-corrected chi connectivity index (χ3v) is 5.25. The van der Waals surface area contributed by atoms with Crippen LogP contribution in [0.5, 0.6) is 0 Å². The zero-order chi connectivity index (χ0) is 13.3. The number of hydrogen-bond acceptors (Lipinski definition) is 2. The predicted octanol–water partition coefficient (Wildman–Crippen LogP) is 4.09. The molecule has 0 radical (unpaired) electrons. The van der Waals surface area contributed by atoms with E-state index in [1.807, 2.05) is 0 Å². The highest BCUT2D eigenvalue weighted by atomic mass is 32.1. The van der Waals surface area contributed by atoms with E-state index in [0.717, 1.165) is 11.8 Å². The Morgan fingerprint density at radius 3 is 2.47 bits per heavy atom. The van der Waals surface area contributed by atoms with Crippen LogP contribution in [0.1, 0.15) is 53.9 Å². The van der Waals surface area contributed by atoms with Crippen molar-refractivity contribution in [1.82, 2.24) is 4.90 Å². The second-order valence-electron chi connectivity index (χ2n) is 7.27. The van der Waals surface area contributed by atoms with Crippen molar-refractivity contribution in [3.05, 3.63) is 0 Å². The minimum Gasteiger partial charge on any atom is -0.306 e. The van der Waals surface area contributed by atoms with Crippen LogP contribution >= 0.6 is 12.6 Å². The lowest BCUT2D eigenvalue weighted by Gasteiger charge is -2.49. The van der Waals surface area contributed by atoms with Crippen LogP contribution in [0.2, 0.25) is 0 Å². The first-order chi connectivity index (χ1) is 7.66. The van der Waals surface area contributed by atoms with Gasteiger partial charge in [-0.2, -0.15) is 12.6 Å². The summed E-state index contributed by atoms with van der Waals surface area (Å²) in [6, 6.07) is 0. The molecule has 1 aliphatic heterocycles. The van der Waals surface area contributed by atoms with Gasteiger partial charge in [0, 0.05) is 11.3 Å². The van der Waals surface area contributed by atoms with Crippen molar-refractivity contribution < 1.29 is 0 Å². The van der Waals surface area contributed by atoms with Gasteiger partial charge in [0.2, 0.25) is 0 Å². The fourth-order valence-electron chi connectivity index (χ4n) is 3.50. The van der Waals surface area contributed by atoms with Crippen molar-refractivity contribution >= 4 is 12.6 Å². The molecule has 0 aliphatic carbocycles. The number of thiol groups is 1. The number of hydrogen-bond donors (Lipinski definition) is 1. The zero-order valence-corrected chi connectivity index (χ0v) is 13.5. The van der Waals surface area contributed by atoms with Gasteiger partial charge in [-0.3, -0.25) is 0 Å². The van der Waals surface area contributed by atoms with Crippen molar-refractivity contribution in [2.75, 3.05) is 20.1 Å². The molecule has 0 amide bonds. The zero-order valence-electron chi connectivity index (χ0n) is 12.6. The normalized spacial score (nSPS) is 41.3. The van der Waals surface area contributed by atoms with Gasteiger partial charge in [-0.05, 0) is 50.1 Å². The van der Waals surface area contributed by atoms with Crippen LogP contribution in [0.4, 0.5) is 0 Å². The maximum Gasteiger partial charge on any atom is 0.0170 e. The van der Waals surface area contributed by atoms with E-state index in [2.05, 4.69) is 46.6 Å². The van der Waals surface area contributed by atoms with E-state index >= 15 is 0 Å². The van der Waals surface area contributed by atoms with Gasteiger partial charge in [-0.15, -0.1) is 0 Å². The number of rotatable bonds is 2. The van der Waals surface area contributed by atoms with E-state index in [1.54, 1.807) is 0 Å². The maximum atomic E-state index is 5.06. The number of nitrogens with zero attached hydrogens (tertiary/aromatic N) is 1. The lowest BCUT2D eigenvalue weighted by molar-refractivity contribution is 0.0845. The van der Waals surface area contributed by atoms with Crippen LogP contribution < -0.4 is 0 Å². The van der Waals surface area contributed by atoms with Crippen LogP contribution in [-0.4, -0.2) is 29.8 Å². The van der Waals surface area contributed by atoms with Crippen LogP contribution in [0.3, 0.4) is 0 Å². The molecule has 17 heavy (non-hydrogen) atoms. The highest BCUT2D eigenvalue weighted by molar-refractivity contribution is 7.81. The molecule has 0 saturated carbocycles. The molecule has 0 aromatic heterocycles. The Labute approximate surface area is 114 Å². The van der Waals surface area contributed by atoms with Gasteiger partial charge in [-0.1, -0.05) is 34.6 Å². The average Bonchev–Trinajstić information content (AvgIpc) is 2.11. The third kappa shape index (κ3) is 3.89. The smallest absolute Gasteiger partial charge is 0.0170 e. The molecule has 1 nitrogen and oxygen atoms in total. The van der Waals surface area contributed by atoms with Crippen molar-refractivity contribution in [3.63, 3.8) is 0 Å². The van der Waals surface area contributed by atoms with Gasteiger partial charge in [0.15, 0.2) is 0 Å². The van der Waals surface area contributed by atoms with Gasteiger partial charge < -0.3 is 4.90 Å². The maximum absolute atomic E-state index is 5.06. The molecule has 0 N–H and O–H groups in total. The van der Waals surface area contributed by atoms with Crippen molar-refractivity contribution in [3.8, 4) is 0 Å². The molecule has 2 heteroatoms. The Morgan fingerprint density at radius 2 is 1.94 bits per heavy atom. The molecule has 1 heterocycles. The predicted molar refractivity (Wildman–Crippen MR) is 80.8 cm³/mol. The second-order valence-corrected chi connectivity index (χ2v) is 8.26. The van der Waals surface area contributed by atoms with Crippen LogP contribution in [0.15, 0.2) is 0 Å². The Hall–Kier alpha value is 0.310. The lowest BCUT2D eigenvalue weighted by Crippen LogP contribution is -2.50. The quantitative estimate of drug-likeness (QED) is 0.729. The van der Waals surface area contributed by atoms with E-state index in [-0.39, 0.29) is 4.75 Å². The minimum absolute atomic E-state index is 0.144. The molecule has 3 unspecified atom stereocenters. The van der Waals surface area contributed by atoms with Crippen molar-refractivity contribution in [2.45, 2.75) is 58.6 Å². The van der Waals surface area contributed by atoms with E-state index in [0.29, 0.717) is 5.41 Å².